The Hall–Kier alpha value is -2.49. The standard InChI is InChI=1S/C25H19Cl2F2NO3S2/c1-33-19-5-2-15(3-6-19)25-23(22-7-4-16(26)10-24(22)27)14-20(34-25)8-9-30-35(31,32)21-12-17(28)11-18(29)13-21/h2-7,10-14,30H,8-9H2,1H3. The van der Waals surface area contributed by atoms with Gasteiger partial charge in [0.1, 0.15) is 17.4 Å². The summed E-state index contributed by atoms with van der Waals surface area (Å²) in [6, 6.07) is 17.0. The summed E-state index contributed by atoms with van der Waals surface area (Å²) in [6.07, 6.45) is 0.357. The van der Waals surface area contributed by atoms with Crippen LogP contribution in [0.15, 0.2) is 71.6 Å². The van der Waals surface area contributed by atoms with Crippen LogP contribution in [0.1, 0.15) is 4.88 Å². The lowest BCUT2D eigenvalue weighted by Gasteiger charge is -2.08. The number of benzene rings is 3. The highest BCUT2D eigenvalue weighted by Crippen LogP contribution is 2.43. The van der Waals surface area contributed by atoms with E-state index in [0.717, 1.165) is 44.3 Å². The SMILES string of the molecule is COc1ccc(-c2sc(CCNS(=O)(=O)c3cc(F)cc(F)c3)cc2-c2ccc(Cl)cc2Cl)cc1. The second kappa shape index (κ2) is 10.6. The van der Waals surface area contributed by atoms with Gasteiger partial charge in [-0.05, 0) is 66.6 Å². The molecule has 0 aliphatic carbocycles. The van der Waals surface area contributed by atoms with Crippen molar-refractivity contribution in [1.82, 2.24) is 4.72 Å². The van der Waals surface area contributed by atoms with Gasteiger partial charge in [-0.2, -0.15) is 0 Å². The zero-order chi connectivity index (χ0) is 25.2. The monoisotopic (exact) mass is 553 g/mol. The summed E-state index contributed by atoms with van der Waals surface area (Å²) < 4.78 is 59.6. The summed E-state index contributed by atoms with van der Waals surface area (Å²) in [5.41, 5.74) is 2.62. The van der Waals surface area contributed by atoms with Crippen LogP contribution in [0.2, 0.25) is 10.0 Å². The van der Waals surface area contributed by atoms with Gasteiger partial charge in [-0.15, -0.1) is 11.3 Å². The molecule has 0 aliphatic rings. The molecule has 0 saturated heterocycles. The normalized spacial score (nSPS) is 11.6. The molecule has 1 aromatic heterocycles. The van der Waals surface area contributed by atoms with Gasteiger partial charge in [0.25, 0.3) is 0 Å². The average molecular weight is 554 g/mol. The van der Waals surface area contributed by atoms with Crippen LogP contribution >= 0.6 is 34.5 Å². The topological polar surface area (TPSA) is 55.4 Å². The van der Waals surface area contributed by atoms with Crippen LogP contribution in [-0.2, 0) is 16.4 Å². The van der Waals surface area contributed by atoms with Gasteiger partial charge in [0.05, 0.1) is 12.0 Å². The summed E-state index contributed by atoms with van der Waals surface area (Å²) in [6.45, 7) is 0.0385. The fourth-order valence-electron chi connectivity index (χ4n) is 3.51. The van der Waals surface area contributed by atoms with Gasteiger partial charge >= 0.3 is 0 Å². The first-order chi connectivity index (χ1) is 16.7. The van der Waals surface area contributed by atoms with Crippen molar-refractivity contribution >= 4 is 44.6 Å². The van der Waals surface area contributed by atoms with E-state index < -0.39 is 26.6 Å². The summed E-state index contributed by atoms with van der Waals surface area (Å²) in [5.74, 6) is -1.20. The molecule has 0 aliphatic heterocycles. The Morgan fingerprint density at radius 3 is 2.23 bits per heavy atom. The van der Waals surface area contributed by atoms with Crippen LogP contribution in [0, 0.1) is 11.6 Å². The highest BCUT2D eigenvalue weighted by atomic mass is 35.5. The van der Waals surface area contributed by atoms with Crippen molar-refractivity contribution in [3.63, 3.8) is 0 Å². The molecule has 0 spiro atoms. The molecular formula is C25H19Cl2F2NO3S2. The van der Waals surface area contributed by atoms with Gasteiger partial charge in [-0.25, -0.2) is 21.9 Å². The number of methoxy groups -OCH3 is 1. The lowest BCUT2D eigenvalue weighted by molar-refractivity contribution is 0.415. The Morgan fingerprint density at radius 1 is 0.914 bits per heavy atom. The third-order valence-electron chi connectivity index (χ3n) is 5.17. The number of sulfonamides is 1. The van der Waals surface area contributed by atoms with Crippen LogP contribution in [-0.4, -0.2) is 22.1 Å². The predicted molar refractivity (Wildman–Crippen MR) is 137 cm³/mol. The quantitative estimate of drug-likeness (QED) is 0.251. The summed E-state index contributed by atoms with van der Waals surface area (Å²) in [7, 11) is -2.48. The van der Waals surface area contributed by atoms with Crippen LogP contribution in [0.25, 0.3) is 21.6 Å². The third-order valence-corrected chi connectivity index (χ3v) is 8.40. The van der Waals surface area contributed by atoms with Crippen molar-refractivity contribution in [2.45, 2.75) is 11.3 Å². The van der Waals surface area contributed by atoms with E-state index in [2.05, 4.69) is 4.72 Å². The molecule has 10 heteroatoms. The Morgan fingerprint density at radius 2 is 1.60 bits per heavy atom. The maximum absolute atomic E-state index is 13.5. The van der Waals surface area contributed by atoms with Gasteiger partial charge in [-0.3, -0.25) is 0 Å². The maximum atomic E-state index is 13.5. The minimum atomic E-state index is -4.08. The molecule has 4 rings (SSSR count). The molecule has 0 radical (unpaired) electrons. The van der Waals surface area contributed by atoms with Gasteiger partial charge in [0, 0.05) is 43.5 Å². The number of ether oxygens (including phenoxy) is 1. The van der Waals surface area contributed by atoms with E-state index in [-0.39, 0.29) is 6.54 Å². The first-order valence-electron chi connectivity index (χ1n) is 10.3. The molecule has 35 heavy (non-hydrogen) atoms. The van der Waals surface area contributed by atoms with E-state index in [9.17, 15) is 17.2 Å². The number of rotatable bonds is 8. The molecule has 0 saturated carbocycles. The lowest BCUT2D eigenvalue weighted by Crippen LogP contribution is -2.26. The first-order valence-corrected chi connectivity index (χ1v) is 13.4. The molecule has 182 valence electrons. The maximum Gasteiger partial charge on any atom is 0.240 e. The largest absolute Gasteiger partial charge is 0.497 e. The van der Waals surface area contributed by atoms with E-state index in [1.807, 2.05) is 36.4 Å². The molecule has 0 atom stereocenters. The Balaban J connectivity index is 1.62. The van der Waals surface area contributed by atoms with E-state index in [1.54, 1.807) is 19.2 Å². The van der Waals surface area contributed by atoms with Crippen molar-refractivity contribution in [2.75, 3.05) is 13.7 Å². The van der Waals surface area contributed by atoms with E-state index in [1.165, 1.54) is 11.3 Å². The van der Waals surface area contributed by atoms with Gasteiger partial charge in [0.2, 0.25) is 10.0 Å². The van der Waals surface area contributed by atoms with Crippen molar-refractivity contribution in [1.29, 1.82) is 0 Å². The molecule has 4 aromatic rings. The smallest absolute Gasteiger partial charge is 0.240 e. The lowest BCUT2D eigenvalue weighted by atomic mass is 10.0. The van der Waals surface area contributed by atoms with Crippen LogP contribution in [0.3, 0.4) is 0 Å². The molecule has 1 heterocycles. The van der Waals surface area contributed by atoms with Crippen molar-refractivity contribution in [3.05, 3.63) is 93.3 Å². The molecule has 0 amide bonds. The van der Waals surface area contributed by atoms with Gasteiger partial charge in [0.15, 0.2) is 0 Å². The second-order valence-corrected chi connectivity index (χ2v) is 11.3. The van der Waals surface area contributed by atoms with E-state index in [4.69, 9.17) is 27.9 Å². The number of nitrogens with one attached hydrogen (secondary N) is 1. The zero-order valence-electron chi connectivity index (χ0n) is 18.3. The highest BCUT2D eigenvalue weighted by molar-refractivity contribution is 7.89. The molecule has 3 aromatic carbocycles. The molecule has 4 nitrogen and oxygen atoms in total. The molecular weight excluding hydrogens is 535 g/mol. The van der Waals surface area contributed by atoms with Crippen LogP contribution in [0.4, 0.5) is 8.78 Å². The molecule has 0 unspecified atom stereocenters. The highest BCUT2D eigenvalue weighted by Gasteiger charge is 2.18. The zero-order valence-corrected chi connectivity index (χ0v) is 21.5. The molecule has 1 N–H and O–H groups in total. The summed E-state index contributed by atoms with van der Waals surface area (Å²) in [4.78, 5) is 1.38. The second-order valence-electron chi connectivity index (χ2n) is 7.56. The van der Waals surface area contributed by atoms with Gasteiger partial charge in [-0.1, -0.05) is 29.3 Å². The van der Waals surface area contributed by atoms with E-state index in [0.29, 0.717) is 22.5 Å². The number of hydrogen-bond donors (Lipinski definition) is 1. The Bertz CT molecular complexity index is 1450. The van der Waals surface area contributed by atoms with Crippen LogP contribution in [0.5, 0.6) is 5.75 Å². The van der Waals surface area contributed by atoms with Crippen LogP contribution < -0.4 is 9.46 Å². The first kappa shape index (κ1) is 25.6. The number of thiophene rings is 1. The Kier molecular flexibility index (Phi) is 7.78. The fraction of sp³-hybridized carbons (Fsp3) is 0.120. The summed E-state index contributed by atoms with van der Waals surface area (Å²) >= 11 is 14.1. The van der Waals surface area contributed by atoms with Gasteiger partial charge < -0.3 is 4.74 Å². The fourth-order valence-corrected chi connectivity index (χ4v) is 6.26. The van der Waals surface area contributed by atoms with Crippen molar-refractivity contribution < 1.29 is 21.9 Å². The van der Waals surface area contributed by atoms with Crippen molar-refractivity contribution in [3.8, 4) is 27.3 Å². The van der Waals surface area contributed by atoms with Crippen molar-refractivity contribution in [2.24, 2.45) is 0 Å². The molecule has 0 bridgehead atoms. The minimum absolute atomic E-state index is 0.0385. The van der Waals surface area contributed by atoms with E-state index >= 15 is 0 Å². The Labute approximate surface area is 216 Å². The number of halogens is 4. The minimum Gasteiger partial charge on any atom is -0.497 e. The molecule has 0 fully saturated rings. The summed E-state index contributed by atoms with van der Waals surface area (Å²) in [5, 5.41) is 1.01. The predicted octanol–water partition coefficient (Wildman–Crippen LogP) is 7.20. The third kappa shape index (κ3) is 6.02. The number of hydrogen-bond acceptors (Lipinski definition) is 4. The average Bonchev–Trinajstić information content (AvgIpc) is 3.22.